The van der Waals surface area contributed by atoms with E-state index in [9.17, 15) is 4.79 Å². The number of carbonyl (C=O) groups is 1. The van der Waals surface area contributed by atoms with Crippen LogP contribution in [-0.4, -0.2) is 36.5 Å². The number of aryl methyl sites for hydroxylation is 1. The Morgan fingerprint density at radius 3 is 3.12 bits per heavy atom. The summed E-state index contributed by atoms with van der Waals surface area (Å²) in [6.07, 6.45) is 3.38. The van der Waals surface area contributed by atoms with Gasteiger partial charge in [0.25, 0.3) is 5.22 Å². The molecular weight excluding hydrogens is 232 g/mol. The highest BCUT2D eigenvalue weighted by atomic mass is 32.2. The molecule has 0 unspecified atom stereocenters. The van der Waals surface area contributed by atoms with Crippen LogP contribution in [0.1, 0.15) is 0 Å². The summed E-state index contributed by atoms with van der Waals surface area (Å²) >= 11 is 0.976. The first-order valence-electron chi connectivity index (χ1n) is 4.33. The van der Waals surface area contributed by atoms with Gasteiger partial charge < -0.3 is 14.2 Å². The van der Waals surface area contributed by atoms with E-state index in [0.717, 1.165) is 11.8 Å². The lowest BCUT2D eigenvalue weighted by molar-refractivity contribution is -0.133. The smallest absolute Gasteiger partial charge is 0.314 e. The van der Waals surface area contributed by atoms with Crippen molar-refractivity contribution in [2.24, 2.45) is 7.05 Å². The maximum absolute atomic E-state index is 10.3. The van der Waals surface area contributed by atoms with E-state index in [2.05, 4.69) is 15.1 Å². The highest BCUT2D eigenvalue weighted by molar-refractivity contribution is 7.99. The predicted octanol–water partition coefficient (Wildman–Crippen LogP) is 0.647. The molecule has 2 aromatic rings. The van der Waals surface area contributed by atoms with Crippen LogP contribution >= 0.6 is 11.8 Å². The Labute approximate surface area is 94.5 Å². The summed E-state index contributed by atoms with van der Waals surface area (Å²) in [5.74, 6) is -0.115. The molecule has 0 radical (unpaired) electrons. The number of imidazole rings is 1. The second kappa shape index (κ2) is 4.35. The fourth-order valence-electron chi connectivity index (χ4n) is 1.06. The Bertz CT molecular complexity index is 507. The van der Waals surface area contributed by atoms with Crippen molar-refractivity contribution in [3.63, 3.8) is 0 Å². The molecule has 0 aliphatic heterocycles. The molecule has 2 aromatic heterocycles. The number of hydrogen-bond acceptors (Lipinski definition) is 6. The van der Waals surface area contributed by atoms with Crippen molar-refractivity contribution < 1.29 is 14.4 Å². The van der Waals surface area contributed by atoms with Crippen molar-refractivity contribution in [2.75, 3.05) is 5.75 Å². The summed E-state index contributed by atoms with van der Waals surface area (Å²) in [5, 5.41) is 12.4. The third-order valence-electron chi connectivity index (χ3n) is 1.75. The number of nitrogens with zero attached hydrogens (tertiary/aromatic N) is 4. The van der Waals surface area contributed by atoms with Gasteiger partial charge in [-0.15, -0.1) is 0 Å². The molecule has 1 N–H and O–H groups in total. The summed E-state index contributed by atoms with van der Waals surface area (Å²) in [4.78, 5) is 18.4. The topological polar surface area (TPSA) is 94.0 Å². The van der Waals surface area contributed by atoms with E-state index in [1.807, 2.05) is 7.05 Å². The van der Waals surface area contributed by atoms with Gasteiger partial charge in [-0.1, -0.05) is 16.9 Å². The highest BCUT2D eigenvalue weighted by Gasteiger charge is 2.13. The molecular formula is C8H8N4O3S. The number of aromatic nitrogens is 4. The molecule has 0 atom stereocenters. The first-order chi connectivity index (χ1) is 7.66. The Kier molecular flexibility index (Phi) is 2.91. The largest absolute Gasteiger partial charge is 0.481 e. The predicted molar refractivity (Wildman–Crippen MR) is 54.9 cm³/mol. The van der Waals surface area contributed by atoms with Crippen LogP contribution in [0.15, 0.2) is 22.1 Å². The van der Waals surface area contributed by atoms with E-state index in [0.29, 0.717) is 11.6 Å². The molecule has 0 fully saturated rings. The molecule has 2 heterocycles. The van der Waals surface area contributed by atoms with Gasteiger partial charge in [0, 0.05) is 19.4 Å². The summed E-state index contributed by atoms with van der Waals surface area (Å²) in [6, 6.07) is 0. The summed E-state index contributed by atoms with van der Waals surface area (Å²) in [5.41, 5.74) is 0. The van der Waals surface area contributed by atoms with Crippen LogP contribution in [0.4, 0.5) is 0 Å². The van der Waals surface area contributed by atoms with Gasteiger partial charge in [-0.25, -0.2) is 4.98 Å². The minimum atomic E-state index is -0.929. The SMILES string of the molecule is Cn1ccnc1-c1noc(SCC(=O)O)n1. The Morgan fingerprint density at radius 2 is 2.50 bits per heavy atom. The molecule has 7 nitrogen and oxygen atoms in total. The van der Waals surface area contributed by atoms with Crippen LogP contribution in [0.3, 0.4) is 0 Å². The molecule has 0 saturated carbocycles. The minimum absolute atomic E-state index is 0.109. The Balaban J connectivity index is 2.14. The normalized spacial score (nSPS) is 10.6. The van der Waals surface area contributed by atoms with Crippen molar-refractivity contribution in [3.8, 4) is 11.6 Å². The van der Waals surface area contributed by atoms with Gasteiger partial charge >= 0.3 is 5.97 Å². The van der Waals surface area contributed by atoms with Crippen molar-refractivity contribution in [1.82, 2.24) is 19.7 Å². The van der Waals surface area contributed by atoms with Crippen molar-refractivity contribution in [2.45, 2.75) is 5.22 Å². The molecule has 0 saturated heterocycles. The number of carboxylic acid groups (broad SMARTS) is 1. The zero-order valence-electron chi connectivity index (χ0n) is 8.32. The van der Waals surface area contributed by atoms with Gasteiger partial charge in [-0.05, 0) is 0 Å². The second-order valence-corrected chi connectivity index (χ2v) is 3.85. The number of hydrogen-bond donors (Lipinski definition) is 1. The standard InChI is InChI=1S/C8H8N4O3S/c1-12-3-2-9-7(12)6-10-8(15-11-6)16-4-5(13)14/h2-3H,4H2,1H3,(H,13,14). The van der Waals surface area contributed by atoms with Gasteiger partial charge in [0.15, 0.2) is 5.82 Å². The van der Waals surface area contributed by atoms with Crippen LogP contribution in [0.25, 0.3) is 11.6 Å². The number of thioether (sulfide) groups is 1. The number of carboxylic acids is 1. The van der Waals surface area contributed by atoms with E-state index >= 15 is 0 Å². The molecule has 0 spiro atoms. The molecule has 0 bridgehead atoms. The van der Waals surface area contributed by atoms with E-state index in [1.165, 1.54) is 0 Å². The summed E-state index contributed by atoms with van der Waals surface area (Å²) < 4.78 is 6.63. The molecule has 2 rings (SSSR count). The molecule has 0 aliphatic carbocycles. The fourth-order valence-corrected chi connectivity index (χ4v) is 1.55. The lowest BCUT2D eigenvalue weighted by Crippen LogP contribution is -1.97. The Hall–Kier alpha value is -1.83. The lowest BCUT2D eigenvalue weighted by atomic mass is 10.6. The minimum Gasteiger partial charge on any atom is -0.481 e. The van der Waals surface area contributed by atoms with E-state index in [1.54, 1.807) is 17.0 Å². The van der Waals surface area contributed by atoms with Gasteiger partial charge in [-0.3, -0.25) is 4.79 Å². The summed E-state index contributed by atoms with van der Waals surface area (Å²) in [6.45, 7) is 0. The molecule has 0 aromatic carbocycles. The van der Waals surface area contributed by atoms with E-state index in [4.69, 9.17) is 9.63 Å². The monoisotopic (exact) mass is 240 g/mol. The van der Waals surface area contributed by atoms with Gasteiger partial charge in [0.2, 0.25) is 5.82 Å². The van der Waals surface area contributed by atoms with Gasteiger partial charge in [0.1, 0.15) is 5.75 Å². The summed E-state index contributed by atoms with van der Waals surface area (Å²) in [7, 11) is 1.81. The number of rotatable bonds is 4. The quantitative estimate of drug-likeness (QED) is 0.784. The van der Waals surface area contributed by atoms with E-state index < -0.39 is 5.97 Å². The van der Waals surface area contributed by atoms with Crippen molar-refractivity contribution >= 4 is 17.7 Å². The maximum Gasteiger partial charge on any atom is 0.314 e. The third-order valence-corrected chi connectivity index (χ3v) is 2.55. The molecule has 16 heavy (non-hydrogen) atoms. The van der Waals surface area contributed by atoms with Crippen LogP contribution in [-0.2, 0) is 11.8 Å². The van der Waals surface area contributed by atoms with Crippen LogP contribution in [0, 0.1) is 0 Å². The first-order valence-corrected chi connectivity index (χ1v) is 5.31. The average molecular weight is 240 g/mol. The average Bonchev–Trinajstić information content (AvgIpc) is 2.83. The number of aliphatic carboxylic acids is 1. The zero-order valence-corrected chi connectivity index (χ0v) is 9.14. The maximum atomic E-state index is 10.3. The van der Waals surface area contributed by atoms with Crippen molar-refractivity contribution in [3.05, 3.63) is 12.4 Å². The molecule has 84 valence electrons. The first kappa shape index (κ1) is 10.7. The highest BCUT2D eigenvalue weighted by Crippen LogP contribution is 2.19. The fraction of sp³-hybridized carbons (Fsp3) is 0.250. The second-order valence-electron chi connectivity index (χ2n) is 2.93. The van der Waals surface area contributed by atoms with Crippen LogP contribution in [0.2, 0.25) is 0 Å². The van der Waals surface area contributed by atoms with Crippen molar-refractivity contribution in [1.29, 1.82) is 0 Å². The lowest BCUT2D eigenvalue weighted by Gasteiger charge is -1.92. The van der Waals surface area contributed by atoms with Gasteiger partial charge in [0.05, 0.1) is 0 Å². The van der Waals surface area contributed by atoms with E-state index in [-0.39, 0.29) is 11.0 Å². The third kappa shape index (κ3) is 2.22. The van der Waals surface area contributed by atoms with Crippen LogP contribution < -0.4 is 0 Å². The Morgan fingerprint density at radius 1 is 1.69 bits per heavy atom. The van der Waals surface area contributed by atoms with Crippen LogP contribution in [0.5, 0.6) is 0 Å². The zero-order chi connectivity index (χ0) is 11.5. The molecule has 0 amide bonds. The molecule has 8 heteroatoms. The van der Waals surface area contributed by atoms with Gasteiger partial charge in [-0.2, -0.15) is 4.98 Å². The molecule has 0 aliphatic rings.